The maximum atomic E-state index is 12.6. The van der Waals surface area contributed by atoms with Gasteiger partial charge in [0.2, 0.25) is 15.0 Å². The smallest absolute Gasteiger partial charge is 0.232 e. The third-order valence-electron chi connectivity index (χ3n) is 5.38. The first-order chi connectivity index (χ1) is 11.4. The summed E-state index contributed by atoms with van der Waals surface area (Å²) in [6.07, 6.45) is 7.52. The fourth-order valence-electron chi connectivity index (χ4n) is 4.44. The molecule has 4 rings (SSSR count). The number of aromatic nitrogens is 1. The molecule has 0 N–H and O–H groups in total. The van der Waals surface area contributed by atoms with E-state index < -0.39 is 9.05 Å². The second kappa shape index (κ2) is 5.99. The lowest BCUT2D eigenvalue weighted by Crippen LogP contribution is -2.29. The van der Waals surface area contributed by atoms with Crippen molar-refractivity contribution in [3.05, 3.63) is 22.5 Å². The summed E-state index contributed by atoms with van der Waals surface area (Å²) in [5, 5.41) is 0. The van der Waals surface area contributed by atoms with Crippen LogP contribution in [0.15, 0.2) is 0 Å². The van der Waals surface area contributed by atoms with Crippen LogP contribution in [0.2, 0.25) is 0 Å². The van der Waals surface area contributed by atoms with Gasteiger partial charge in [0, 0.05) is 41.0 Å². The second-order valence-electron chi connectivity index (χ2n) is 7.15. The van der Waals surface area contributed by atoms with E-state index in [0.717, 1.165) is 62.0 Å². The van der Waals surface area contributed by atoms with E-state index in [0.29, 0.717) is 6.54 Å². The van der Waals surface area contributed by atoms with E-state index >= 15 is 0 Å². The normalized spacial score (nSPS) is 23.5. The summed E-state index contributed by atoms with van der Waals surface area (Å²) >= 11 is 0. The first kappa shape index (κ1) is 16.3. The van der Waals surface area contributed by atoms with Crippen LogP contribution in [0.1, 0.15) is 48.2 Å². The van der Waals surface area contributed by atoms with Gasteiger partial charge in [0.25, 0.3) is 0 Å². The molecule has 1 aliphatic heterocycles. The first-order valence-corrected chi connectivity index (χ1v) is 11.2. The number of hydrogen-bond acceptors (Lipinski definition) is 4. The summed E-state index contributed by atoms with van der Waals surface area (Å²) < 4.78 is 22.8. The Morgan fingerprint density at radius 3 is 2.38 bits per heavy atom. The number of aryl methyl sites for hydroxylation is 2. The van der Waals surface area contributed by atoms with Gasteiger partial charge in [-0.25, -0.2) is 8.42 Å². The Morgan fingerprint density at radius 2 is 1.67 bits per heavy atom. The number of hydrogen-bond donors (Lipinski definition) is 0. The van der Waals surface area contributed by atoms with Gasteiger partial charge in [-0.2, -0.15) is 0 Å². The van der Waals surface area contributed by atoms with Gasteiger partial charge in [-0.3, -0.25) is 9.78 Å². The fourth-order valence-corrected chi connectivity index (χ4v) is 5.76. The molecule has 2 aliphatic carbocycles. The van der Waals surface area contributed by atoms with Gasteiger partial charge in [-0.05, 0) is 56.1 Å². The highest BCUT2D eigenvalue weighted by molar-refractivity contribution is 8.13. The molecule has 0 aromatic carbocycles. The largest absolute Gasteiger partial charge is 0.311 e. The SMILES string of the molecule is O=C1CC(CS(=O)(=O)Cl)CN1c1c2c(nc3c1CCC3)CCCC2. The number of pyridine rings is 1. The van der Waals surface area contributed by atoms with Crippen LogP contribution < -0.4 is 4.90 Å². The summed E-state index contributed by atoms with van der Waals surface area (Å²) in [5.74, 6) is -0.329. The number of anilines is 1. The van der Waals surface area contributed by atoms with Crippen LogP contribution in [0.4, 0.5) is 5.69 Å². The zero-order valence-electron chi connectivity index (χ0n) is 13.6. The predicted octanol–water partition coefficient (Wildman–Crippen LogP) is 2.37. The van der Waals surface area contributed by atoms with Crippen molar-refractivity contribution < 1.29 is 13.2 Å². The van der Waals surface area contributed by atoms with E-state index in [4.69, 9.17) is 15.7 Å². The standard InChI is InChI=1S/C17H21ClN2O3S/c18-24(22,23)10-11-8-16(21)20(9-11)17-12-4-1-2-6-14(12)19-15-7-3-5-13(15)17/h11H,1-10H2. The molecule has 1 aromatic heterocycles. The van der Waals surface area contributed by atoms with Gasteiger partial charge in [0.1, 0.15) is 0 Å². The van der Waals surface area contributed by atoms with Crippen molar-refractivity contribution in [2.24, 2.45) is 5.92 Å². The molecule has 1 fully saturated rings. The highest BCUT2D eigenvalue weighted by atomic mass is 35.7. The van der Waals surface area contributed by atoms with Gasteiger partial charge in [0.05, 0.1) is 11.4 Å². The van der Waals surface area contributed by atoms with E-state index in [1.54, 1.807) is 0 Å². The molecular weight excluding hydrogens is 348 g/mol. The highest BCUT2D eigenvalue weighted by Gasteiger charge is 2.37. The Hall–Kier alpha value is -1.14. The lowest BCUT2D eigenvalue weighted by molar-refractivity contribution is -0.117. The van der Waals surface area contributed by atoms with Crippen LogP contribution in [0.5, 0.6) is 0 Å². The van der Waals surface area contributed by atoms with Crippen molar-refractivity contribution in [2.75, 3.05) is 17.2 Å². The molecule has 0 bridgehead atoms. The maximum absolute atomic E-state index is 12.6. The zero-order valence-corrected chi connectivity index (χ0v) is 15.1. The summed E-state index contributed by atoms with van der Waals surface area (Å²) in [4.78, 5) is 19.3. The van der Waals surface area contributed by atoms with Gasteiger partial charge in [0.15, 0.2) is 0 Å². The molecule has 0 saturated carbocycles. The molecule has 0 radical (unpaired) electrons. The van der Waals surface area contributed by atoms with Crippen molar-refractivity contribution >= 4 is 31.3 Å². The number of fused-ring (bicyclic) bond motifs is 2. The molecule has 2 heterocycles. The number of carbonyl (C=O) groups is 1. The van der Waals surface area contributed by atoms with E-state index in [9.17, 15) is 13.2 Å². The molecule has 0 spiro atoms. The molecular formula is C17H21ClN2O3S. The molecule has 7 heteroatoms. The lowest BCUT2D eigenvalue weighted by Gasteiger charge is -2.27. The Morgan fingerprint density at radius 1 is 1.04 bits per heavy atom. The first-order valence-electron chi connectivity index (χ1n) is 8.68. The van der Waals surface area contributed by atoms with Crippen molar-refractivity contribution in [1.82, 2.24) is 4.98 Å². The summed E-state index contributed by atoms with van der Waals surface area (Å²) in [6.45, 7) is 0.452. The molecule has 3 aliphatic rings. The molecule has 1 amide bonds. The Kier molecular flexibility index (Phi) is 4.07. The molecule has 24 heavy (non-hydrogen) atoms. The van der Waals surface area contributed by atoms with Gasteiger partial charge in [-0.1, -0.05) is 0 Å². The van der Waals surface area contributed by atoms with Crippen LogP contribution in [0.3, 0.4) is 0 Å². The third kappa shape index (κ3) is 2.94. The molecule has 1 unspecified atom stereocenters. The quantitative estimate of drug-likeness (QED) is 0.768. The number of halogens is 1. The Labute approximate surface area is 146 Å². The monoisotopic (exact) mass is 368 g/mol. The highest BCUT2D eigenvalue weighted by Crippen LogP contribution is 2.40. The van der Waals surface area contributed by atoms with Crippen molar-refractivity contribution in [3.8, 4) is 0 Å². The minimum absolute atomic E-state index is 0.0217. The van der Waals surface area contributed by atoms with Crippen LogP contribution >= 0.6 is 10.7 Å². The van der Waals surface area contributed by atoms with Crippen LogP contribution in [-0.2, 0) is 39.5 Å². The lowest BCUT2D eigenvalue weighted by atomic mass is 9.91. The van der Waals surface area contributed by atoms with Crippen LogP contribution in [-0.4, -0.2) is 31.6 Å². The number of amides is 1. The van der Waals surface area contributed by atoms with E-state index in [1.807, 2.05) is 4.90 Å². The van der Waals surface area contributed by atoms with E-state index in [1.165, 1.54) is 11.1 Å². The van der Waals surface area contributed by atoms with Crippen LogP contribution in [0.25, 0.3) is 0 Å². The topological polar surface area (TPSA) is 67.3 Å². The zero-order chi connectivity index (χ0) is 16.9. The van der Waals surface area contributed by atoms with Crippen molar-refractivity contribution in [3.63, 3.8) is 0 Å². The molecule has 130 valence electrons. The van der Waals surface area contributed by atoms with Crippen molar-refractivity contribution in [2.45, 2.75) is 51.4 Å². The second-order valence-corrected chi connectivity index (χ2v) is 9.97. The molecule has 1 atom stereocenters. The van der Waals surface area contributed by atoms with E-state index in [2.05, 4.69) is 0 Å². The van der Waals surface area contributed by atoms with Crippen molar-refractivity contribution in [1.29, 1.82) is 0 Å². The molecule has 5 nitrogen and oxygen atoms in total. The molecule has 1 saturated heterocycles. The maximum Gasteiger partial charge on any atom is 0.232 e. The minimum Gasteiger partial charge on any atom is -0.311 e. The average molecular weight is 369 g/mol. The van der Waals surface area contributed by atoms with E-state index in [-0.39, 0.29) is 24.0 Å². The summed E-state index contributed by atoms with van der Waals surface area (Å²) in [7, 11) is 1.81. The Balaban J connectivity index is 1.74. The van der Waals surface area contributed by atoms with Gasteiger partial charge < -0.3 is 4.90 Å². The Bertz CT molecular complexity index is 807. The van der Waals surface area contributed by atoms with Gasteiger partial charge in [-0.15, -0.1) is 0 Å². The average Bonchev–Trinajstić information content (AvgIpc) is 3.09. The predicted molar refractivity (Wildman–Crippen MR) is 93.0 cm³/mol. The summed E-state index contributed by atoms with van der Waals surface area (Å²) in [5.41, 5.74) is 5.81. The molecule has 1 aromatic rings. The van der Waals surface area contributed by atoms with Gasteiger partial charge >= 0.3 is 0 Å². The third-order valence-corrected chi connectivity index (χ3v) is 6.63. The van der Waals surface area contributed by atoms with Crippen LogP contribution in [0, 0.1) is 5.92 Å². The fraction of sp³-hybridized carbons (Fsp3) is 0.647. The number of nitrogens with zero attached hydrogens (tertiary/aromatic N) is 2. The number of carbonyl (C=O) groups excluding carboxylic acids is 1. The number of rotatable bonds is 3. The summed E-state index contributed by atoms with van der Waals surface area (Å²) in [6, 6.07) is 0. The minimum atomic E-state index is -3.58.